The van der Waals surface area contributed by atoms with E-state index in [2.05, 4.69) is 4.98 Å². The average Bonchev–Trinajstić information content (AvgIpc) is 2.89. The normalized spacial score (nSPS) is 15.9. The zero-order chi connectivity index (χ0) is 18.0. The Morgan fingerprint density at radius 1 is 1.40 bits per heavy atom. The number of nitro benzene ring substituents is 1. The predicted octanol–water partition coefficient (Wildman–Crippen LogP) is 3.96. The summed E-state index contributed by atoms with van der Waals surface area (Å²) in [6.07, 6.45) is 5.38. The number of anilines is 1. The van der Waals surface area contributed by atoms with Gasteiger partial charge in [-0.15, -0.1) is 0 Å². The first kappa shape index (κ1) is 17.2. The van der Waals surface area contributed by atoms with Crippen molar-refractivity contribution in [2.24, 2.45) is 0 Å². The van der Waals surface area contributed by atoms with E-state index in [1.54, 1.807) is 42.7 Å². The van der Waals surface area contributed by atoms with Crippen LogP contribution in [0.4, 0.5) is 11.4 Å². The number of aryl methyl sites for hydroxylation is 1. The fourth-order valence-corrected chi connectivity index (χ4v) is 3.77. The molecule has 6 nitrogen and oxygen atoms in total. The summed E-state index contributed by atoms with van der Waals surface area (Å²) in [5, 5.41) is 11.2. The zero-order valence-corrected chi connectivity index (χ0v) is 14.8. The van der Waals surface area contributed by atoms with E-state index in [-0.39, 0.29) is 11.6 Å². The van der Waals surface area contributed by atoms with Gasteiger partial charge in [0.05, 0.1) is 21.7 Å². The SMILES string of the molecule is CCc1ccc(/C=C2\SC(=S)N(c3cccnc3)C2=O)cc1[N+](=O)[O-]. The molecular formula is C17H13N3O3S2. The van der Waals surface area contributed by atoms with E-state index in [1.807, 2.05) is 6.92 Å². The maximum Gasteiger partial charge on any atom is 0.273 e. The highest BCUT2D eigenvalue weighted by atomic mass is 32.2. The van der Waals surface area contributed by atoms with Crippen molar-refractivity contribution >= 4 is 51.7 Å². The number of thioether (sulfide) groups is 1. The molecule has 126 valence electrons. The maximum absolute atomic E-state index is 12.7. The van der Waals surface area contributed by atoms with E-state index < -0.39 is 4.92 Å². The molecule has 1 aromatic heterocycles. The molecule has 2 aromatic rings. The van der Waals surface area contributed by atoms with Crippen molar-refractivity contribution in [3.63, 3.8) is 0 Å². The van der Waals surface area contributed by atoms with E-state index in [0.29, 0.717) is 32.5 Å². The summed E-state index contributed by atoms with van der Waals surface area (Å²) in [6.45, 7) is 1.86. The number of nitrogens with zero attached hydrogens (tertiary/aromatic N) is 3. The largest absolute Gasteiger partial charge is 0.273 e. The minimum Gasteiger partial charge on any atom is -0.268 e. The van der Waals surface area contributed by atoms with E-state index >= 15 is 0 Å². The van der Waals surface area contributed by atoms with Crippen LogP contribution in [0.5, 0.6) is 0 Å². The van der Waals surface area contributed by atoms with Crippen LogP contribution in [-0.2, 0) is 11.2 Å². The van der Waals surface area contributed by atoms with E-state index in [9.17, 15) is 14.9 Å². The predicted molar refractivity (Wildman–Crippen MR) is 102 cm³/mol. The lowest BCUT2D eigenvalue weighted by atomic mass is 10.1. The van der Waals surface area contributed by atoms with Crippen LogP contribution >= 0.6 is 24.0 Å². The third-order valence-electron chi connectivity index (χ3n) is 3.68. The first-order valence-electron chi connectivity index (χ1n) is 7.46. The van der Waals surface area contributed by atoms with E-state index in [1.165, 1.54) is 22.7 Å². The number of rotatable bonds is 4. The molecule has 0 aliphatic carbocycles. The van der Waals surface area contributed by atoms with Crippen molar-refractivity contribution in [2.45, 2.75) is 13.3 Å². The van der Waals surface area contributed by atoms with Crippen LogP contribution in [-0.4, -0.2) is 20.1 Å². The first-order valence-corrected chi connectivity index (χ1v) is 8.69. The number of aromatic nitrogens is 1. The van der Waals surface area contributed by atoms with Gasteiger partial charge in [-0.2, -0.15) is 0 Å². The molecule has 3 rings (SSSR count). The lowest BCUT2D eigenvalue weighted by Gasteiger charge is -2.13. The van der Waals surface area contributed by atoms with Gasteiger partial charge < -0.3 is 0 Å². The van der Waals surface area contributed by atoms with Crippen LogP contribution in [0, 0.1) is 10.1 Å². The molecule has 8 heteroatoms. The van der Waals surface area contributed by atoms with Gasteiger partial charge in [-0.1, -0.05) is 43.0 Å². The number of carbonyl (C=O) groups is 1. The molecule has 1 aliphatic heterocycles. The van der Waals surface area contributed by atoms with Gasteiger partial charge in [-0.05, 0) is 30.2 Å². The van der Waals surface area contributed by atoms with Gasteiger partial charge >= 0.3 is 0 Å². The van der Waals surface area contributed by atoms with Gasteiger partial charge in [-0.25, -0.2) is 0 Å². The molecule has 1 aromatic carbocycles. The smallest absolute Gasteiger partial charge is 0.268 e. The Morgan fingerprint density at radius 3 is 2.84 bits per heavy atom. The van der Waals surface area contributed by atoms with Crippen molar-refractivity contribution in [2.75, 3.05) is 4.90 Å². The molecule has 0 bridgehead atoms. The Bertz CT molecular complexity index is 897. The molecule has 1 amide bonds. The number of amides is 1. The van der Waals surface area contributed by atoms with Gasteiger partial charge in [0.2, 0.25) is 0 Å². The number of hydrogen-bond donors (Lipinski definition) is 0. The fraction of sp³-hybridized carbons (Fsp3) is 0.118. The minimum atomic E-state index is -0.406. The summed E-state index contributed by atoms with van der Waals surface area (Å²) < 4.78 is 0.406. The molecule has 1 fully saturated rings. The molecule has 1 saturated heterocycles. The minimum absolute atomic E-state index is 0.0546. The summed E-state index contributed by atoms with van der Waals surface area (Å²) in [5.74, 6) is -0.259. The second-order valence-electron chi connectivity index (χ2n) is 5.23. The van der Waals surface area contributed by atoms with E-state index in [0.717, 1.165) is 0 Å². The summed E-state index contributed by atoms with van der Waals surface area (Å²) in [7, 11) is 0. The van der Waals surface area contributed by atoms with Crippen LogP contribution < -0.4 is 4.90 Å². The molecule has 2 heterocycles. The summed E-state index contributed by atoms with van der Waals surface area (Å²) in [4.78, 5) is 29.3. The molecule has 0 unspecified atom stereocenters. The molecule has 0 radical (unpaired) electrons. The Balaban J connectivity index is 1.95. The highest BCUT2D eigenvalue weighted by Gasteiger charge is 2.33. The molecule has 0 spiro atoms. The number of nitro groups is 1. The van der Waals surface area contributed by atoms with Gasteiger partial charge in [0.1, 0.15) is 0 Å². The third-order valence-corrected chi connectivity index (χ3v) is 4.98. The Kier molecular flexibility index (Phi) is 4.91. The Hall–Kier alpha value is -2.58. The number of pyridine rings is 1. The second-order valence-corrected chi connectivity index (χ2v) is 6.90. The quantitative estimate of drug-likeness (QED) is 0.350. The molecule has 25 heavy (non-hydrogen) atoms. The molecule has 0 N–H and O–H groups in total. The third kappa shape index (κ3) is 3.45. The standard InChI is InChI=1S/C17H13N3O3S2/c1-2-12-6-5-11(8-14(12)20(22)23)9-15-16(21)19(17(24)25-15)13-4-3-7-18-10-13/h3-10H,2H2,1H3/b15-9-. The fourth-order valence-electron chi connectivity index (χ4n) is 2.47. The van der Waals surface area contributed by atoms with Crippen molar-refractivity contribution in [3.05, 3.63) is 68.9 Å². The Morgan fingerprint density at radius 2 is 2.20 bits per heavy atom. The topological polar surface area (TPSA) is 76.3 Å². The molecular weight excluding hydrogens is 358 g/mol. The van der Waals surface area contributed by atoms with Crippen LogP contribution in [0.25, 0.3) is 6.08 Å². The van der Waals surface area contributed by atoms with E-state index in [4.69, 9.17) is 12.2 Å². The summed E-state index contributed by atoms with van der Waals surface area (Å²) >= 11 is 6.46. The first-order chi connectivity index (χ1) is 12.0. The number of hydrogen-bond acceptors (Lipinski definition) is 6. The molecule has 1 aliphatic rings. The van der Waals surface area contributed by atoms with Crippen molar-refractivity contribution in [1.82, 2.24) is 4.98 Å². The zero-order valence-electron chi connectivity index (χ0n) is 13.2. The van der Waals surface area contributed by atoms with Gasteiger partial charge in [0, 0.05) is 17.8 Å². The van der Waals surface area contributed by atoms with Gasteiger partial charge in [0.15, 0.2) is 4.32 Å². The second kappa shape index (κ2) is 7.12. The van der Waals surface area contributed by atoms with Crippen molar-refractivity contribution in [1.29, 1.82) is 0 Å². The average molecular weight is 371 g/mol. The lowest BCUT2D eigenvalue weighted by molar-refractivity contribution is -0.385. The number of carbonyl (C=O) groups excluding carboxylic acids is 1. The maximum atomic E-state index is 12.7. The van der Waals surface area contributed by atoms with Crippen molar-refractivity contribution in [3.8, 4) is 0 Å². The van der Waals surface area contributed by atoms with Crippen molar-refractivity contribution < 1.29 is 9.72 Å². The van der Waals surface area contributed by atoms with Crippen LogP contribution in [0.2, 0.25) is 0 Å². The highest BCUT2D eigenvalue weighted by molar-refractivity contribution is 8.27. The van der Waals surface area contributed by atoms with Crippen LogP contribution in [0.15, 0.2) is 47.6 Å². The molecule has 0 atom stereocenters. The number of thiocarbonyl (C=S) groups is 1. The molecule has 0 saturated carbocycles. The van der Waals surface area contributed by atoms with Gasteiger partial charge in [-0.3, -0.25) is 24.8 Å². The summed E-state index contributed by atoms with van der Waals surface area (Å²) in [6, 6.07) is 8.44. The van der Waals surface area contributed by atoms with Crippen LogP contribution in [0.1, 0.15) is 18.1 Å². The highest BCUT2D eigenvalue weighted by Crippen LogP contribution is 2.36. The Labute approximate surface area is 153 Å². The van der Waals surface area contributed by atoms with Gasteiger partial charge in [0.25, 0.3) is 11.6 Å². The summed E-state index contributed by atoms with van der Waals surface area (Å²) in [5.41, 5.74) is 1.90. The lowest BCUT2D eigenvalue weighted by Crippen LogP contribution is -2.27. The van der Waals surface area contributed by atoms with Crippen LogP contribution in [0.3, 0.4) is 0 Å². The monoisotopic (exact) mass is 371 g/mol. The number of benzene rings is 1.